The van der Waals surface area contributed by atoms with Crippen molar-refractivity contribution >= 4 is 0 Å². The van der Waals surface area contributed by atoms with E-state index >= 15 is 0 Å². The predicted octanol–water partition coefficient (Wildman–Crippen LogP) is 1.71. The molecule has 1 aromatic heterocycles. The highest BCUT2D eigenvalue weighted by molar-refractivity contribution is 5.33. The summed E-state index contributed by atoms with van der Waals surface area (Å²) in [6.45, 7) is 6.08. The Morgan fingerprint density at radius 1 is 1.50 bits per heavy atom. The van der Waals surface area contributed by atoms with Gasteiger partial charge in [-0.2, -0.15) is 5.10 Å². The van der Waals surface area contributed by atoms with E-state index in [1.807, 2.05) is 18.8 Å². The first-order valence-electron chi connectivity index (χ1n) is 7.34. The Balaban J connectivity index is 2.19. The van der Waals surface area contributed by atoms with E-state index < -0.39 is 5.60 Å². The average molecular weight is 281 g/mol. The number of methoxy groups -OCH3 is 1. The van der Waals surface area contributed by atoms with Crippen molar-refractivity contribution in [1.82, 2.24) is 14.7 Å². The molecule has 2 rings (SSSR count). The van der Waals surface area contributed by atoms with Gasteiger partial charge in [-0.15, -0.1) is 0 Å². The SMILES string of the molecule is COc1cnn(CCN(C)C)c1C1(O)CC(C(C)C)C1. The van der Waals surface area contributed by atoms with Crippen LogP contribution in [0.2, 0.25) is 0 Å². The molecule has 0 aromatic carbocycles. The van der Waals surface area contributed by atoms with Crippen molar-refractivity contribution in [2.24, 2.45) is 11.8 Å². The molecule has 0 saturated heterocycles. The van der Waals surface area contributed by atoms with Crippen LogP contribution in [0.15, 0.2) is 6.20 Å². The van der Waals surface area contributed by atoms with Gasteiger partial charge in [0.1, 0.15) is 11.3 Å². The molecule has 1 fully saturated rings. The molecule has 114 valence electrons. The zero-order valence-electron chi connectivity index (χ0n) is 13.3. The lowest BCUT2D eigenvalue weighted by molar-refractivity contribution is -0.101. The molecule has 0 amide bonds. The van der Waals surface area contributed by atoms with Crippen LogP contribution in [-0.4, -0.2) is 47.5 Å². The molecule has 0 atom stereocenters. The minimum absolute atomic E-state index is 0.585. The third-order valence-electron chi connectivity index (χ3n) is 4.37. The van der Waals surface area contributed by atoms with Crippen LogP contribution in [0.25, 0.3) is 0 Å². The second-order valence-corrected chi connectivity index (χ2v) is 6.53. The molecule has 1 aliphatic rings. The molecule has 0 aliphatic heterocycles. The molecule has 5 heteroatoms. The Hall–Kier alpha value is -1.07. The third-order valence-corrected chi connectivity index (χ3v) is 4.37. The van der Waals surface area contributed by atoms with Crippen LogP contribution in [0, 0.1) is 11.8 Å². The number of hydrogen-bond acceptors (Lipinski definition) is 4. The standard InChI is InChI=1S/C15H27N3O2/c1-11(2)12-8-15(19,9-12)14-13(20-5)10-16-18(14)7-6-17(3)4/h10-12,19H,6-9H2,1-5H3. The molecule has 1 N–H and O–H groups in total. The second kappa shape index (κ2) is 5.74. The molecule has 5 nitrogen and oxygen atoms in total. The third kappa shape index (κ3) is 2.83. The Bertz CT molecular complexity index is 448. The van der Waals surface area contributed by atoms with E-state index in [9.17, 15) is 5.11 Å². The molecule has 0 bridgehead atoms. The van der Waals surface area contributed by atoms with Gasteiger partial charge in [-0.1, -0.05) is 13.8 Å². The van der Waals surface area contributed by atoms with Gasteiger partial charge in [0.2, 0.25) is 0 Å². The summed E-state index contributed by atoms with van der Waals surface area (Å²) in [5, 5.41) is 15.3. The monoisotopic (exact) mass is 281 g/mol. The van der Waals surface area contributed by atoms with Crippen molar-refractivity contribution < 1.29 is 9.84 Å². The first-order valence-corrected chi connectivity index (χ1v) is 7.34. The topological polar surface area (TPSA) is 50.5 Å². The van der Waals surface area contributed by atoms with E-state index in [-0.39, 0.29) is 0 Å². The summed E-state index contributed by atoms with van der Waals surface area (Å²) in [7, 11) is 5.71. The van der Waals surface area contributed by atoms with E-state index in [0.717, 1.165) is 31.6 Å². The summed E-state index contributed by atoms with van der Waals surface area (Å²) >= 11 is 0. The summed E-state index contributed by atoms with van der Waals surface area (Å²) in [4.78, 5) is 2.11. The first-order chi connectivity index (χ1) is 9.37. The Morgan fingerprint density at radius 3 is 2.65 bits per heavy atom. The van der Waals surface area contributed by atoms with Gasteiger partial charge in [-0.05, 0) is 38.8 Å². The van der Waals surface area contributed by atoms with Crippen LogP contribution in [0.1, 0.15) is 32.4 Å². The second-order valence-electron chi connectivity index (χ2n) is 6.53. The average Bonchev–Trinajstić information content (AvgIpc) is 2.75. The number of aliphatic hydroxyl groups is 1. The lowest BCUT2D eigenvalue weighted by Crippen LogP contribution is -2.45. The van der Waals surface area contributed by atoms with E-state index in [4.69, 9.17) is 4.74 Å². The number of ether oxygens (including phenoxy) is 1. The van der Waals surface area contributed by atoms with Crippen LogP contribution in [0.5, 0.6) is 5.75 Å². The van der Waals surface area contributed by atoms with Gasteiger partial charge in [-0.25, -0.2) is 0 Å². The molecule has 20 heavy (non-hydrogen) atoms. The molecular formula is C15H27N3O2. The van der Waals surface area contributed by atoms with Gasteiger partial charge in [0, 0.05) is 6.54 Å². The molecule has 1 aliphatic carbocycles. The van der Waals surface area contributed by atoms with E-state index in [1.165, 1.54) is 0 Å². The number of hydrogen-bond donors (Lipinski definition) is 1. The normalized spacial score (nSPS) is 26.1. The lowest BCUT2D eigenvalue weighted by Gasteiger charge is -2.46. The molecule has 0 radical (unpaired) electrons. The van der Waals surface area contributed by atoms with Crippen LogP contribution in [0.4, 0.5) is 0 Å². The van der Waals surface area contributed by atoms with E-state index in [1.54, 1.807) is 13.3 Å². The van der Waals surface area contributed by atoms with Crippen LogP contribution in [0.3, 0.4) is 0 Å². The fourth-order valence-electron chi connectivity index (χ4n) is 2.92. The van der Waals surface area contributed by atoms with Crippen molar-refractivity contribution in [2.45, 2.75) is 38.8 Å². The van der Waals surface area contributed by atoms with Crippen molar-refractivity contribution in [1.29, 1.82) is 0 Å². The summed E-state index contributed by atoms with van der Waals surface area (Å²) < 4.78 is 7.29. The molecule has 1 aromatic rings. The van der Waals surface area contributed by atoms with Crippen LogP contribution >= 0.6 is 0 Å². The number of aromatic nitrogens is 2. The van der Waals surface area contributed by atoms with Gasteiger partial charge < -0.3 is 14.7 Å². The van der Waals surface area contributed by atoms with Gasteiger partial charge in [0.25, 0.3) is 0 Å². The summed E-state index contributed by atoms with van der Waals surface area (Å²) in [6, 6.07) is 0. The maximum absolute atomic E-state index is 10.9. The van der Waals surface area contributed by atoms with Crippen molar-refractivity contribution in [2.75, 3.05) is 27.7 Å². The Morgan fingerprint density at radius 2 is 2.15 bits per heavy atom. The first kappa shape index (κ1) is 15.3. The minimum atomic E-state index is -0.775. The van der Waals surface area contributed by atoms with E-state index in [2.05, 4.69) is 23.8 Å². The quantitative estimate of drug-likeness (QED) is 0.862. The minimum Gasteiger partial charge on any atom is -0.493 e. The Labute approximate surface area is 121 Å². The largest absolute Gasteiger partial charge is 0.493 e. The fourth-order valence-corrected chi connectivity index (χ4v) is 2.92. The smallest absolute Gasteiger partial charge is 0.162 e. The number of nitrogens with zero attached hydrogens (tertiary/aromatic N) is 3. The highest BCUT2D eigenvalue weighted by Crippen LogP contribution is 2.50. The molecule has 0 spiro atoms. The van der Waals surface area contributed by atoms with Crippen LogP contribution in [-0.2, 0) is 12.1 Å². The van der Waals surface area contributed by atoms with Gasteiger partial charge in [-0.3, -0.25) is 4.68 Å². The summed E-state index contributed by atoms with van der Waals surface area (Å²) in [5.74, 6) is 1.90. The van der Waals surface area contributed by atoms with Gasteiger partial charge >= 0.3 is 0 Å². The predicted molar refractivity (Wildman–Crippen MR) is 78.8 cm³/mol. The highest BCUT2D eigenvalue weighted by atomic mass is 16.5. The zero-order valence-corrected chi connectivity index (χ0v) is 13.3. The maximum atomic E-state index is 10.9. The molecule has 0 unspecified atom stereocenters. The summed E-state index contributed by atoms with van der Waals surface area (Å²) in [5.41, 5.74) is 0.0714. The highest BCUT2D eigenvalue weighted by Gasteiger charge is 2.48. The van der Waals surface area contributed by atoms with Crippen molar-refractivity contribution in [3.63, 3.8) is 0 Å². The lowest BCUT2D eigenvalue weighted by atomic mass is 9.64. The molecule has 1 saturated carbocycles. The van der Waals surface area contributed by atoms with E-state index in [0.29, 0.717) is 17.6 Å². The zero-order chi connectivity index (χ0) is 14.9. The van der Waals surface area contributed by atoms with Crippen molar-refractivity contribution in [3.8, 4) is 5.75 Å². The number of likely N-dealkylation sites (N-methyl/N-ethyl adjacent to an activating group) is 1. The van der Waals surface area contributed by atoms with Crippen LogP contribution < -0.4 is 4.74 Å². The summed E-state index contributed by atoms with van der Waals surface area (Å²) in [6.07, 6.45) is 3.31. The number of rotatable bonds is 6. The Kier molecular flexibility index (Phi) is 4.39. The fraction of sp³-hybridized carbons (Fsp3) is 0.800. The van der Waals surface area contributed by atoms with Crippen molar-refractivity contribution in [3.05, 3.63) is 11.9 Å². The van der Waals surface area contributed by atoms with Gasteiger partial charge in [0.05, 0.1) is 19.9 Å². The molecule has 1 heterocycles. The van der Waals surface area contributed by atoms with Gasteiger partial charge in [0.15, 0.2) is 5.75 Å². The molecular weight excluding hydrogens is 254 g/mol. The maximum Gasteiger partial charge on any atom is 0.162 e.